The average molecular weight is 220 g/mol. The molecular formula is C11H16N4O. The van der Waals surface area contributed by atoms with E-state index in [1.165, 1.54) is 0 Å². The van der Waals surface area contributed by atoms with Crippen LogP contribution in [0.2, 0.25) is 0 Å². The van der Waals surface area contributed by atoms with Crippen molar-refractivity contribution < 1.29 is 5.11 Å². The Hall–Kier alpha value is -1.62. The first kappa shape index (κ1) is 10.9. The van der Waals surface area contributed by atoms with Crippen LogP contribution >= 0.6 is 0 Å². The van der Waals surface area contributed by atoms with Crippen molar-refractivity contribution >= 4 is 0 Å². The van der Waals surface area contributed by atoms with Gasteiger partial charge in [-0.15, -0.1) is 0 Å². The number of hydrogen-bond acceptors (Lipinski definition) is 3. The summed E-state index contributed by atoms with van der Waals surface area (Å²) >= 11 is 0. The number of hydrogen-bond donors (Lipinski definition) is 1. The minimum atomic E-state index is -0.604. The summed E-state index contributed by atoms with van der Waals surface area (Å²) in [6.45, 7) is 2.92. The highest BCUT2D eigenvalue weighted by atomic mass is 16.3. The standard InChI is InChI=1S/C11H16N4O/c1-3-15-7-5-12-10(15)8-9(16)11-13-4-6-14(11)2/h4-7,9,16H,3,8H2,1-2H3. The second-order valence-corrected chi connectivity index (χ2v) is 3.75. The van der Waals surface area contributed by atoms with Crippen LogP contribution in [-0.2, 0) is 20.0 Å². The molecule has 2 aromatic rings. The van der Waals surface area contributed by atoms with E-state index < -0.39 is 6.10 Å². The monoisotopic (exact) mass is 220 g/mol. The van der Waals surface area contributed by atoms with E-state index in [1.807, 2.05) is 28.6 Å². The molecule has 2 rings (SSSR count). The van der Waals surface area contributed by atoms with Crippen LogP contribution in [-0.4, -0.2) is 24.2 Å². The Morgan fingerprint density at radius 2 is 2.06 bits per heavy atom. The summed E-state index contributed by atoms with van der Waals surface area (Å²) in [5.41, 5.74) is 0. The SMILES string of the molecule is CCn1ccnc1CC(O)c1nccn1C. The van der Waals surface area contributed by atoms with E-state index in [2.05, 4.69) is 16.9 Å². The Bertz CT molecular complexity index is 460. The summed E-state index contributed by atoms with van der Waals surface area (Å²) in [5.74, 6) is 1.56. The zero-order valence-electron chi connectivity index (χ0n) is 9.54. The smallest absolute Gasteiger partial charge is 0.137 e. The number of nitrogens with zero attached hydrogens (tertiary/aromatic N) is 4. The fourth-order valence-electron chi connectivity index (χ4n) is 1.78. The van der Waals surface area contributed by atoms with Gasteiger partial charge in [0.25, 0.3) is 0 Å². The molecule has 0 radical (unpaired) electrons. The van der Waals surface area contributed by atoms with Gasteiger partial charge in [-0.3, -0.25) is 0 Å². The summed E-state index contributed by atoms with van der Waals surface area (Å²) in [4.78, 5) is 8.36. The van der Waals surface area contributed by atoms with E-state index in [1.54, 1.807) is 12.4 Å². The molecule has 0 amide bonds. The van der Waals surface area contributed by atoms with Gasteiger partial charge in [0.05, 0.1) is 0 Å². The summed E-state index contributed by atoms with van der Waals surface area (Å²) in [6.07, 6.45) is 7.07. The van der Waals surface area contributed by atoms with Gasteiger partial charge in [-0.1, -0.05) is 0 Å². The van der Waals surface area contributed by atoms with E-state index in [-0.39, 0.29) is 0 Å². The van der Waals surface area contributed by atoms with Crippen LogP contribution in [0.3, 0.4) is 0 Å². The zero-order valence-corrected chi connectivity index (χ0v) is 9.54. The normalized spacial score (nSPS) is 12.9. The Balaban J connectivity index is 2.13. The maximum atomic E-state index is 10.0. The summed E-state index contributed by atoms with van der Waals surface area (Å²) in [7, 11) is 1.87. The number of aliphatic hydroxyl groups excluding tert-OH is 1. The lowest BCUT2D eigenvalue weighted by Gasteiger charge is -2.11. The van der Waals surface area contributed by atoms with E-state index in [0.29, 0.717) is 12.2 Å². The van der Waals surface area contributed by atoms with Crippen molar-refractivity contribution in [1.29, 1.82) is 0 Å². The molecule has 0 saturated carbocycles. The predicted octanol–water partition coefficient (Wildman–Crippen LogP) is 0.913. The highest BCUT2D eigenvalue weighted by Crippen LogP contribution is 2.15. The van der Waals surface area contributed by atoms with Gasteiger partial charge in [0.15, 0.2) is 0 Å². The molecule has 0 aromatic carbocycles. The lowest BCUT2D eigenvalue weighted by atomic mass is 10.2. The van der Waals surface area contributed by atoms with Gasteiger partial charge in [0.2, 0.25) is 0 Å². The van der Waals surface area contributed by atoms with Crippen molar-refractivity contribution in [1.82, 2.24) is 19.1 Å². The topological polar surface area (TPSA) is 55.9 Å². The molecule has 0 fully saturated rings. The van der Waals surface area contributed by atoms with Crippen LogP contribution < -0.4 is 0 Å². The molecular weight excluding hydrogens is 204 g/mol. The van der Waals surface area contributed by atoms with Crippen molar-refractivity contribution in [3.8, 4) is 0 Å². The Kier molecular flexibility index (Phi) is 3.05. The fraction of sp³-hybridized carbons (Fsp3) is 0.455. The molecule has 16 heavy (non-hydrogen) atoms. The summed E-state index contributed by atoms with van der Waals surface area (Å²) < 4.78 is 3.84. The predicted molar refractivity (Wildman–Crippen MR) is 59.8 cm³/mol. The lowest BCUT2D eigenvalue weighted by molar-refractivity contribution is 0.161. The quantitative estimate of drug-likeness (QED) is 0.833. The fourth-order valence-corrected chi connectivity index (χ4v) is 1.78. The Labute approximate surface area is 94.4 Å². The molecule has 0 bridgehead atoms. The first-order valence-corrected chi connectivity index (χ1v) is 5.37. The van der Waals surface area contributed by atoms with Crippen LogP contribution in [0.25, 0.3) is 0 Å². The number of aryl methyl sites for hydroxylation is 2. The molecule has 1 atom stereocenters. The van der Waals surface area contributed by atoms with Crippen LogP contribution in [0.15, 0.2) is 24.8 Å². The first-order valence-electron chi connectivity index (χ1n) is 5.37. The van der Waals surface area contributed by atoms with Gasteiger partial charge >= 0.3 is 0 Å². The van der Waals surface area contributed by atoms with E-state index in [0.717, 1.165) is 12.4 Å². The molecule has 2 heterocycles. The third-order valence-corrected chi connectivity index (χ3v) is 2.67. The first-order chi connectivity index (χ1) is 7.72. The van der Waals surface area contributed by atoms with Gasteiger partial charge in [-0.2, -0.15) is 0 Å². The van der Waals surface area contributed by atoms with Crippen LogP contribution in [0, 0.1) is 0 Å². The van der Waals surface area contributed by atoms with Crippen LogP contribution in [0.1, 0.15) is 24.7 Å². The zero-order chi connectivity index (χ0) is 11.5. The molecule has 5 heteroatoms. The van der Waals surface area contributed by atoms with E-state index >= 15 is 0 Å². The molecule has 86 valence electrons. The van der Waals surface area contributed by atoms with Gasteiger partial charge < -0.3 is 14.2 Å². The van der Waals surface area contributed by atoms with Crippen molar-refractivity contribution in [2.24, 2.45) is 7.05 Å². The number of aliphatic hydroxyl groups is 1. The molecule has 0 spiro atoms. The van der Waals surface area contributed by atoms with Crippen molar-refractivity contribution in [3.05, 3.63) is 36.4 Å². The number of aromatic nitrogens is 4. The molecule has 1 N–H and O–H groups in total. The minimum Gasteiger partial charge on any atom is -0.385 e. The Morgan fingerprint density at radius 1 is 1.31 bits per heavy atom. The second-order valence-electron chi connectivity index (χ2n) is 3.75. The van der Waals surface area contributed by atoms with Crippen LogP contribution in [0.5, 0.6) is 0 Å². The minimum absolute atomic E-state index is 0.492. The van der Waals surface area contributed by atoms with Gasteiger partial charge in [0, 0.05) is 44.8 Å². The van der Waals surface area contributed by atoms with Crippen LogP contribution in [0.4, 0.5) is 0 Å². The molecule has 2 aromatic heterocycles. The van der Waals surface area contributed by atoms with E-state index in [4.69, 9.17) is 0 Å². The molecule has 1 unspecified atom stereocenters. The number of imidazole rings is 2. The van der Waals surface area contributed by atoms with Crippen molar-refractivity contribution in [3.63, 3.8) is 0 Å². The van der Waals surface area contributed by atoms with Gasteiger partial charge in [0.1, 0.15) is 17.8 Å². The third kappa shape index (κ3) is 1.99. The Morgan fingerprint density at radius 3 is 2.69 bits per heavy atom. The van der Waals surface area contributed by atoms with Crippen molar-refractivity contribution in [2.45, 2.75) is 26.0 Å². The maximum absolute atomic E-state index is 10.0. The third-order valence-electron chi connectivity index (χ3n) is 2.67. The maximum Gasteiger partial charge on any atom is 0.137 e. The van der Waals surface area contributed by atoms with Gasteiger partial charge in [-0.25, -0.2) is 9.97 Å². The highest BCUT2D eigenvalue weighted by molar-refractivity contribution is 5.02. The van der Waals surface area contributed by atoms with Crippen molar-refractivity contribution in [2.75, 3.05) is 0 Å². The average Bonchev–Trinajstić information content (AvgIpc) is 2.86. The second kappa shape index (κ2) is 4.49. The molecule has 0 aliphatic carbocycles. The molecule has 0 aliphatic rings. The summed E-state index contributed by atoms with van der Waals surface area (Å²) in [6, 6.07) is 0. The molecule has 0 saturated heterocycles. The largest absolute Gasteiger partial charge is 0.385 e. The van der Waals surface area contributed by atoms with Gasteiger partial charge in [-0.05, 0) is 6.92 Å². The molecule has 5 nitrogen and oxygen atoms in total. The number of rotatable bonds is 4. The highest BCUT2D eigenvalue weighted by Gasteiger charge is 2.15. The van der Waals surface area contributed by atoms with E-state index in [9.17, 15) is 5.11 Å². The summed E-state index contributed by atoms with van der Waals surface area (Å²) in [5, 5.41) is 10.0. The lowest BCUT2D eigenvalue weighted by Crippen LogP contribution is -2.12. The molecule has 0 aliphatic heterocycles.